The molecule has 0 saturated carbocycles. The van der Waals surface area contributed by atoms with E-state index >= 15 is 0 Å². The number of amides is 1. The van der Waals surface area contributed by atoms with Crippen LogP contribution in [0.25, 0.3) is 11.1 Å². The maximum absolute atomic E-state index is 12.3. The Labute approximate surface area is 164 Å². The van der Waals surface area contributed by atoms with Crippen LogP contribution in [0, 0.1) is 0 Å². The lowest BCUT2D eigenvalue weighted by Crippen LogP contribution is -2.30. The molecular formula is C23H22ClNO2. The summed E-state index contributed by atoms with van der Waals surface area (Å²) in [6.45, 7) is 0.376. The van der Waals surface area contributed by atoms with E-state index in [1.54, 1.807) is 7.11 Å². The quantitative estimate of drug-likeness (QED) is 0.623. The Morgan fingerprint density at radius 2 is 1.56 bits per heavy atom. The molecule has 0 aliphatic rings. The number of hydrogen-bond donors (Lipinski definition) is 1. The van der Waals surface area contributed by atoms with Crippen LogP contribution in [0.3, 0.4) is 0 Å². The van der Waals surface area contributed by atoms with Gasteiger partial charge in [-0.05, 0) is 22.8 Å². The van der Waals surface area contributed by atoms with Crippen molar-refractivity contribution >= 4 is 17.5 Å². The Morgan fingerprint density at radius 3 is 2.22 bits per heavy atom. The summed E-state index contributed by atoms with van der Waals surface area (Å²) in [6, 6.07) is 25.7. The zero-order valence-electron chi connectivity index (χ0n) is 15.2. The van der Waals surface area contributed by atoms with Gasteiger partial charge < -0.3 is 10.1 Å². The van der Waals surface area contributed by atoms with Crippen molar-refractivity contribution in [3.8, 4) is 11.1 Å². The van der Waals surface area contributed by atoms with Gasteiger partial charge in [-0.15, -0.1) is 0 Å². The molecule has 138 valence electrons. The van der Waals surface area contributed by atoms with Crippen LogP contribution >= 0.6 is 11.6 Å². The first-order chi connectivity index (χ1) is 13.2. The lowest BCUT2D eigenvalue weighted by atomic mass is 10.0. The van der Waals surface area contributed by atoms with Crippen LogP contribution in [0.1, 0.15) is 17.2 Å². The molecule has 3 nitrogen and oxygen atoms in total. The summed E-state index contributed by atoms with van der Waals surface area (Å²) in [5.74, 6) is -0.0448. The van der Waals surface area contributed by atoms with Crippen LogP contribution in [0.4, 0.5) is 0 Å². The molecule has 0 fully saturated rings. The summed E-state index contributed by atoms with van der Waals surface area (Å²) in [5, 5.41) is 3.57. The molecule has 1 N–H and O–H groups in total. The van der Waals surface area contributed by atoms with Crippen LogP contribution in [-0.4, -0.2) is 19.6 Å². The Balaban J connectivity index is 1.57. The first-order valence-corrected chi connectivity index (χ1v) is 9.23. The standard InChI is InChI=1S/C23H22ClNO2/c1-27-22(20-9-5-6-10-21(20)24)16-25-23(26)15-17-11-13-19(14-12-17)18-7-3-2-4-8-18/h2-14,22H,15-16H2,1H3,(H,25,26). The third kappa shape index (κ3) is 5.19. The number of halogens is 1. The van der Waals surface area contributed by atoms with Crippen molar-refractivity contribution < 1.29 is 9.53 Å². The van der Waals surface area contributed by atoms with Crippen LogP contribution in [0.2, 0.25) is 5.02 Å². The van der Waals surface area contributed by atoms with Gasteiger partial charge in [-0.3, -0.25) is 4.79 Å². The fourth-order valence-corrected chi connectivity index (χ4v) is 3.21. The summed E-state index contributed by atoms with van der Waals surface area (Å²) in [7, 11) is 1.61. The number of carbonyl (C=O) groups is 1. The molecule has 4 heteroatoms. The SMILES string of the molecule is COC(CNC(=O)Cc1ccc(-c2ccccc2)cc1)c1ccccc1Cl. The first kappa shape index (κ1) is 19.2. The number of methoxy groups -OCH3 is 1. The molecule has 0 aliphatic heterocycles. The van der Waals surface area contributed by atoms with E-state index in [4.69, 9.17) is 16.3 Å². The van der Waals surface area contributed by atoms with E-state index in [-0.39, 0.29) is 12.0 Å². The van der Waals surface area contributed by atoms with Crippen molar-refractivity contribution in [3.05, 3.63) is 95.0 Å². The van der Waals surface area contributed by atoms with Crippen molar-refractivity contribution in [3.63, 3.8) is 0 Å². The molecule has 27 heavy (non-hydrogen) atoms. The number of nitrogens with one attached hydrogen (secondary N) is 1. The van der Waals surface area contributed by atoms with Gasteiger partial charge in [0, 0.05) is 24.2 Å². The molecule has 3 aromatic carbocycles. The van der Waals surface area contributed by atoms with Gasteiger partial charge in [0.25, 0.3) is 0 Å². The van der Waals surface area contributed by atoms with Crippen LogP contribution in [0.5, 0.6) is 0 Å². The van der Waals surface area contributed by atoms with E-state index in [0.29, 0.717) is 18.0 Å². The molecule has 0 saturated heterocycles. The smallest absolute Gasteiger partial charge is 0.224 e. The minimum Gasteiger partial charge on any atom is -0.375 e. The topological polar surface area (TPSA) is 38.3 Å². The van der Waals surface area contributed by atoms with Crippen molar-refractivity contribution in [2.24, 2.45) is 0 Å². The zero-order valence-corrected chi connectivity index (χ0v) is 15.9. The molecule has 0 heterocycles. The highest BCUT2D eigenvalue weighted by molar-refractivity contribution is 6.31. The Kier molecular flexibility index (Phi) is 6.64. The third-order valence-electron chi connectivity index (χ3n) is 4.45. The van der Waals surface area contributed by atoms with Crippen molar-refractivity contribution in [1.29, 1.82) is 0 Å². The van der Waals surface area contributed by atoms with Gasteiger partial charge in [-0.2, -0.15) is 0 Å². The van der Waals surface area contributed by atoms with Crippen LogP contribution in [-0.2, 0) is 16.0 Å². The summed E-state index contributed by atoms with van der Waals surface area (Å²) >= 11 is 6.22. The van der Waals surface area contributed by atoms with Gasteiger partial charge in [0.05, 0.1) is 6.42 Å². The molecule has 0 bridgehead atoms. The summed E-state index contributed by atoms with van der Waals surface area (Å²) in [5.41, 5.74) is 4.14. The lowest BCUT2D eigenvalue weighted by molar-refractivity contribution is -0.121. The highest BCUT2D eigenvalue weighted by Crippen LogP contribution is 2.24. The minimum atomic E-state index is -0.275. The Hall–Kier alpha value is -2.62. The fraction of sp³-hybridized carbons (Fsp3) is 0.174. The molecule has 0 aliphatic carbocycles. The Bertz CT molecular complexity index is 878. The highest BCUT2D eigenvalue weighted by Gasteiger charge is 2.15. The second-order valence-corrected chi connectivity index (χ2v) is 6.70. The van der Waals surface area contributed by atoms with E-state index in [9.17, 15) is 4.79 Å². The second kappa shape index (κ2) is 9.36. The van der Waals surface area contributed by atoms with Gasteiger partial charge >= 0.3 is 0 Å². The zero-order chi connectivity index (χ0) is 19.1. The van der Waals surface area contributed by atoms with Gasteiger partial charge in [0.2, 0.25) is 5.91 Å². The predicted molar refractivity (Wildman–Crippen MR) is 110 cm³/mol. The molecule has 1 atom stereocenters. The number of rotatable bonds is 7. The average molecular weight is 380 g/mol. The first-order valence-electron chi connectivity index (χ1n) is 8.85. The fourth-order valence-electron chi connectivity index (χ4n) is 2.96. The maximum Gasteiger partial charge on any atom is 0.224 e. The monoisotopic (exact) mass is 379 g/mol. The van der Waals surface area contributed by atoms with Gasteiger partial charge in [-0.25, -0.2) is 0 Å². The predicted octanol–water partition coefficient (Wildman–Crippen LogP) is 5.05. The third-order valence-corrected chi connectivity index (χ3v) is 4.79. The lowest BCUT2D eigenvalue weighted by Gasteiger charge is -2.17. The number of ether oxygens (including phenoxy) is 1. The van der Waals surface area contributed by atoms with Crippen molar-refractivity contribution in [2.75, 3.05) is 13.7 Å². The second-order valence-electron chi connectivity index (χ2n) is 6.29. The largest absolute Gasteiger partial charge is 0.375 e. The molecule has 1 amide bonds. The number of benzene rings is 3. The van der Waals surface area contributed by atoms with Crippen molar-refractivity contribution in [2.45, 2.75) is 12.5 Å². The summed E-state index contributed by atoms with van der Waals surface area (Å²) < 4.78 is 5.48. The summed E-state index contributed by atoms with van der Waals surface area (Å²) in [4.78, 5) is 12.3. The van der Waals surface area contributed by atoms with Crippen LogP contribution < -0.4 is 5.32 Å². The Morgan fingerprint density at radius 1 is 0.926 bits per heavy atom. The summed E-state index contributed by atoms with van der Waals surface area (Å²) in [6.07, 6.45) is 0.0525. The maximum atomic E-state index is 12.3. The van der Waals surface area contributed by atoms with E-state index in [1.807, 2.05) is 66.7 Å². The molecule has 3 aromatic rings. The number of hydrogen-bond acceptors (Lipinski definition) is 2. The molecule has 1 unspecified atom stereocenters. The van der Waals surface area contributed by atoms with E-state index in [0.717, 1.165) is 22.3 Å². The molecule has 0 spiro atoms. The van der Waals surface area contributed by atoms with E-state index < -0.39 is 0 Å². The van der Waals surface area contributed by atoms with Gasteiger partial charge in [-0.1, -0.05) is 84.4 Å². The van der Waals surface area contributed by atoms with Crippen molar-refractivity contribution in [1.82, 2.24) is 5.32 Å². The normalized spacial score (nSPS) is 11.8. The minimum absolute atomic E-state index is 0.0448. The molecule has 0 radical (unpaired) electrons. The van der Waals surface area contributed by atoms with Crippen LogP contribution in [0.15, 0.2) is 78.9 Å². The highest BCUT2D eigenvalue weighted by atomic mass is 35.5. The molecule has 0 aromatic heterocycles. The van der Waals surface area contributed by atoms with E-state index in [1.165, 1.54) is 0 Å². The molecular weight excluding hydrogens is 358 g/mol. The van der Waals surface area contributed by atoms with E-state index in [2.05, 4.69) is 17.4 Å². The van der Waals surface area contributed by atoms with Gasteiger partial charge in [0.1, 0.15) is 6.10 Å². The average Bonchev–Trinajstić information content (AvgIpc) is 2.71. The number of carbonyl (C=O) groups excluding carboxylic acids is 1. The van der Waals surface area contributed by atoms with Gasteiger partial charge in [0.15, 0.2) is 0 Å². The molecule has 3 rings (SSSR count).